The summed E-state index contributed by atoms with van der Waals surface area (Å²) in [7, 11) is 0. The van der Waals surface area contributed by atoms with Crippen molar-refractivity contribution in [3.63, 3.8) is 0 Å². The SMILES string of the molecule is O=C(NC1CCCCC1)O[C@H]1CCCN(C(=O)c2ccc(F)cc2)C1.O=C(Nc1ccncc1)O[C@H]1CCCN(C(=O)c2ccc(F)cc2)C1.O=C(O)NCc1ccc(F)cc1. The van der Waals surface area contributed by atoms with Crippen molar-refractivity contribution in [3.05, 3.63) is 131 Å². The summed E-state index contributed by atoms with van der Waals surface area (Å²) in [6.45, 7) is 2.12. The molecule has 3 heterocycles. The molecule has 0 unspecified atom stereocenters. The number of nitrogens with zero attached hydrogens (tertiary/aromatic N) is 3. The van der Waals surface area contributed by atoms with Gasteiger partial charge in [-0.1, -0.05) is 31.4 Å². The fourth-order valence-corrected chi connectivity index (χ4v) is 7.10. The Kier molecular flexibility index (Phi) is 17.9. The molecule has 3 aromatic carbocycles. The predicted octanol–water partition coefficient (Wildman–Crippen LogP) is 8.16. The Morgan fingerprint density at radius 1 is 0.613 bits per heavy atom. The Morgan fingerprint density at radius 2 is 1.08 bits per heavy atom. The average molecular weight is 861 g/mol. The largest absolute Gasteiger partial charge is 0.465 e. The molecular weight excluding hydrogens is 810 g/mol. The summed E-state index contributed by atoms with van der Waals surface area (Å²) in [4.78, 5) is 66.3. The summed E-state index contributed by atoms with van der Waals surface area (Å²) in [5.41, 5.74) is 2.20. The maximum atomic E-state index is 13.0. The van der Waals surface area contributed by atoms with Crippen LogP contribution >= 0.6 is 0 Å². The molecule has 3 fully saturated rings. The highest BCUT2D eigenvalue weighted by molar-refractivity contribution is 5.95. The molecule has 0 bridgehead atoms. The summed E-state index contributed by atoms with van der Waals surface area (Å²) in [5.74, 6) is -1.42. The van der Waals surface area contributed by atoms with Crippen LogP contribution in [0.1, 0.15) is 84.1 Å². The van der Waals surface area contributed by atoms with E-state index in [9.17, 15) is 37.1 Å². The fourth-order valence-electron chi connectivity index (χ4n) is 7.10. The number of benzene rings is 3. The summed E-state index contributed by atoms with van der Waals surface area (Å²) in [6.07, 6.45) is 8.96. The first kappa shape index (κ1) is 46.4. The van der Waals surface area contributed by atoms with Crippen molar-refractivity contribution < 1.29 is 51.7 Å². The monoisotopic (exact) mass is 860 g/mol. The van der Waals surface area contributed by atoms with E-state index in [1.165, 1.54) is 79.2 Å². The molecule has 2 atom stereocenters. The number of likely N-dealkylation sites (tertiary alicyclic amines) is 2. The molecule has 7 rings (SSSR count). The van der Waals surface area contributed by atoms with Gasteiger partial charge in [0.1, 0.15) is 29.7 Å². The number of hydrogen-bond acceptors (Lipinski definition) is 8. The van der Waals surface area contributed by atoms with Crippen LogP contribution < -0.4 is 16.0 Å². The Bertz CT molecular complexity index is 2060. The molecule has 1 aliphatic carbocycles. The van der Waals surface area contributed by atoms with E-state index in [0.29, 0.717) is 49.4 Å². The Hall–Kier alpha value is -6.65. The zero-order valence-electron chi connectivity index (χ0n) is 34.1. The van der Waals surface area contributed by atoms with Gasteiger partial charge in [0.2, 0.25) is 0 Å². The second-order valence-corrected chi connectivity index (χ2v) is 15.0. The maximum Gasteiger partial charge on any atom is 0.411 e. The van der Waals surface area contributed by atoms with Crippen LogP contribution in [0.2, 0.25) is 0 Å². The average Bonchev–Trinajstić information content (AvgIpc) is 3.27. The van der Waals surface area contributed by atoms with Crippen LogP contribution in [0.4, 0.5) is 33.2 Å². The second kappa shape index (κ2) is 24.0. The van der Waals surface area contributed by atoms with E-state index in [-0.39, 0.29) is 60.2 Å². The van der Waals surface area contributed by atoms with Crippen molar-refractivity contribution in [2.45, 2.75) is 82.6 Å². The van der Waals surface area contributed by atoms with Gasteiger partial charge in [-0.2, -0.15) is 0 Å². The van der Waals surface area contributed by atoms with Crippen molar-refractivity contribution in [1.29, 1.82) is 0 Å². The summed E-state index contributed by atoms with van der Waals surface area (Å²) < 4.78 is 49.3. The van der Waals surface area contributed by atoms with Gasteiger partial charge in [-0.25, -0.2) is 27.6 Å². The van der Waals surface area contributed by atoms with Crippen LogP contribution in [-0.2, 0) is 16.0 Å². The van der Waals surface area contributed by atoms with Gasteiger partial charge in [0.15, 0.2) is 0 Å². The minimum Gasteiger partial charge on any atom is -0.465 e. The summed E-state index contributed by atoms with van der Waals surface area (Å²) in [5, 5.41) is 16.0. The van der Waals surface area contributed by atoms with Crippen molar-refractivity contribution in [1.82, 2.24) is 25.4 Å². The van der Waals surface area contributed by atoms with E-state index in [2.05, 4.69) is 20.9 Å². The molecule has 2 aliphatic heterocycles. The number of piperidine rings is 2. The lowest BCUT2D eigenvalue weighted by Crippen LogP contribution is -2.46. The fraction of sp³-hybridized carbons (Fsp3) is 0.378. The second-order valence-electron chi connectivity index (χ2n) is 15.0. The molecule has 4 N–H and O–H groups in total. The van der Waals surface area contributed by atoms with E-state index in [0.717, 1.165) is 50.5 Å². The third kappa shape index (κ3) is 15.7. The number of hydrogen-bond donors (Lipinski definition) is 4. The third-order valence-electron chi connectivity index (χ3n) is 10.3. The zero-order chi connectivity index (χ0) is 44.3. The van der Waals surface area contributed by atoms with Gasteiger partial charge in [-0.15, -0.1) is 0 Å². The molecular formula is C45H51F3N6O8. The number of pyridine rings is 1. The number of halogens is 3. The molecule has 1 aromatic heterocycles. The lowest BCUT2D eigenvalue weighted by molar-refractivity contribution is 0.0329. The molecule has 1 saturated carbocycles. The van der Waals surface area contributed by atoms with Gasteiger partial charge < -0.3 is 35.0 Å². The smallest absolute Gasteiger partial charge is 0.411 e. The zero-order valence-corrected chi connectivity index (χ0v) is 34.1. The number of carbonyl (C=O) groups is 5. The van der Waals surface area contributed by atoms with Crippen LogP contribution in [0.3, 0.4) is 0 Å². The Balaban J connectivity index is 0.000000187. The number of aromatic nitrogens is 1. The number of anilines is 1. The standard InChI is InChI=1S/C19H25FN2O3.C18H18FN3O3.C8H8FNO2/c20-15-10-8-14(9-11-15)18(23)22-12-4-7-17(13-22)25-19(24)21-16-5-2-1-3-6-16;19-14-5-3-13(4-6-14)17(23)22-11-1-2-16(12-22)25-18(24)21-15-7-9-20-10-8-15;9-7-3-1-6(2-4-7)5-10-8(11)12/h8-11,16-17H,1-7,12-13H2,(H,21,24);3-10,16H,1-2,11-12H2,(H,20,21,24);1-4,10H,5H2,(H,11,12)/t17-;16-;/m00./s1. The number of rotatable bonds is 8. The highest BCUT2D eigenvalue weighted by atomic mass is 19.1. The molecule has 17 heteroatoms. The highest BCUT2D eigenvalue weighted by Crippen LogP contribution is 2.21. The van der Waals surface area contributed by atoms with Crippen molar-refractivity contribution in [2.24, 2.45) is 0 Å². The topological polar surface area (TPSA) is 180 Å². The molecule has 4 aromatic rings. The molecule has 62 heavy (non-hydrogen) atoms. The quantitative estimate of drug-likeness (QED) is 0.136. The number of ether oxygens (including phenoxy) is 2. The molecule has 0 spiro atoms. The first-order valence-electron chi connectivity index (χ1n) is 20.6. The van der Waals surface area contributed by atoms with Gasteiger partial charge in [0, 0.05) is 54.9 Å². The van der Waals surface area contributed by atoms with Gasteiger partial charge in [-0.05, 0) is 117 Å². The van der Waals surface area contributed by atoms with E-state index >= 15 is 0 Å². The van der Waals surface area contributed by atoms with E-state index in [1.54, 1.807) is 34.3 Å². The van der Waals surface area contributed by atoms with Gasteiger partial charge in [0.05, 0.1) is 13.1 Å². The molecule has 14 nitrogen and oxygen atoms in total. The molecule has 0 radical (unpaired) electrons. The Labute approximate surface area is 357 Å². The predicted molar refractivity (Wildman–Crippen MR) is 223 cm³/mol. The Morgan fingerprint density at radius 3 is 1.56 bits per heavy atom. The van der Waals surface area contributed by atoms with Crippen molar-refractivity contribution >= 4 is 35.8 Å². The van der Waals surface area contributed by atoms with Crippen LogP contribution in [0.25, 0.3) is 0 Å². The molecule has 2 saturated heterocycles. The minimum atomic E-state index is -1.08. The van der Waals surface area contributed by atoms with Gasteiger partial charge in [-0.3, -0.25) is 19.9 Å². The van der Waals surface area contributed by atoms with Gasteiger partial charge >= 0.3 is 18.3 Å². The van der Waals surface area contributed by atoms with Gasteiger partial charge in [0.25, 0.3) is 11.8 Å². The van der Waals surface area contributed by atoms with Crippen LogP contribution in [0.5, 0.6) is 0 Å². The maximum absolute atomic E-state index is 13.0. The van der Waals surface area contributed by atoms with Crippen LogP contribution in [0.15, 0.2) is 97.3 Å². The highest BCUT2D eigenvalue weighted by Gasteiger charge is 2.29. The number of nitrogens with one attached hydrogen (secondary N) is 3. The number of carboxylic acid groups (broad SMARTS) is 1. The van der Waals surface area contributed by atoms with Crippen molar-refractivity contribution in [3.8, 4) is 0 Å². The number of carbonyl (C=O) groups excluding carboxylic acids is 4. The first-order valence-corrected chi connectivity index (χ1v) is 20.6. The lowest BCUT2D eigenvalue weighted by Gasteiger charge is -2.33. The molecule has 3 aliphatic rings. The number of amides is 5. The van der Waals surface area contributed by atoms with E-state index in [1.807, 2.05) is 0 Å². The molecule has 5 amide bonds. The first-order chi connectivity index (χ1) is 29.9. The van der Waals surface area contributed by atoms with Crippen LogP contribution in [-0.4, -0.2) is 94.4 Å². The summed E-state index contributed by atoms with van der Waals surface area (Å²) in [6, 6.07) is 20.1. The normalized spacial score (nSPS) is 17.4. The van der Waals surface area contributed by atoms with Crippen LogP contribution in [0, 0.1) is 17.5 Å². The van der Waals surface area contributed by atoms with E-state index in [4.69, 9.17) is 14.6 Å². The minimum absolute atomic E-state index is 0.152. The molecule has 330 valence electrons. The third-order valence-corrected chi connectivity index (χ3v) is 10.3. The van der Waals surface area contributed by atoms with Crippen molar-refractivity contribution in [2.75, 3.05) is 31.5 Å². The lowest BCUT2D eigenvalue weighted by atomic mass is 9.96. The van der Waals surface area contributed by atoms with E-state index < -0.39 is 12.2 Å². The number of alkyl carbamates (subject to hydrolysis) is 1. The summed E-state index contributed by atoms with van der Waals surface area (Å²) >= 11 is 0.